The highest BCUT2D eigenvalue weighted by atomic mass is 32.2. The number of carbonyl (C=O) groups excluding carboxylic acids is 6. The van der Waals surface area contributed by atoms with Gasteiger partial charge in [-0.05, 0) is 109 Å². The van der Waals surface area contributed by atoms with E-state index in [0.717, 1.165) is 77.1 Å². The molecule has 4 aromatic carbocycles. The third-order valence-corrected chi connectivity index (χ3v) is 19.7. The maximum atomic E-state index is 13.9. The molecule has 1 aromatic heterocycles. The normalized spacial score (nSPS) is 18.5. The molecule has 97 heavy (non-hydrogen) atoms. The van der Waals surface area contributed by atoms with E-state index in [1.807, 2.05) is 105 Å². The first-order valence-corrected chi connectivity index (χ1v) is 35.6. The van der Waals surface area contributed by atoms with Crippen molar-refractivity contribution in [3.8, 4) is 28.7 Å². The topological polar surface area (TPSA) is 278 Å². The van der Waals surface area contributed by atoms with Gasteiger partial charge in [0.25, 0.3) is 5.91 Å². The molecule has 0 aliphatic carbocycles. The minimum atomic E-state index is -0.920. The SMILES string of the molecule is CCCC1CCCCSCCC(=O)Nc2nc(NCCCC(=O)N[C@H](C(=O)N[C@@H](C)C(=O)Nc3ccc(C4=CN5Cc6cc(OC)c(OCCCOc7cc8c(cc7OC)C(=O)N7C=C(c9ccc(OC)cc9)C[C@H]7C=N8)cc6N=C[C@@H]5C4)cc3)C(C)C)cc(n2)NC(=O)CCS1. The lowest BCUT2D eigenvalue weighted by Crippen LogP contribution is -2.53. The average Bonchev–Trinajstić information content (AvgIpc) is 1.66. The van der Waals surface area contributed by atoms with Crippen LogP contribution in [0.15, 0.2) is 101 Å². The van der Waals surface area contributed by atoms with Crippen LogP contribution in [0, 0.1) is 5.92 Å². The number of ether oxygens (including phenoxy) is 5. The van der Waals surface area contributed by atoms with Crippen LogP contribution in [0.1, 0.15) is 132 Å². The minimum Gasteiger partial charge on any atom is -0.497 e. The van der Waals surface area contributed by atoms with Gasteiger partial charge in [0.15, 0.2) is 23.0 Å². The standard InChI is InChI=1S/C72H88N12O11S2/c1-8-13-55-14-9-10-29-96-30-24-67(87)82-72-79-63(38-64(80-72)78-66(86)25-31-97-55)73-26-11-15-65(85)81-68(44(2)3)70(89)76-45(4)69(88)77-51-20-16-46(17-21-51)48-32-52-39-74-57-36-61(59(92-6)34-50(57)42-83(52)41-48)94-27-12-28-95-62-37-58-56(35-60(62)93-7)71(90)84-43-49(33-53(84)40-75-58)47-18-22-54(91-5)23-19-47/h16-23,34-41,43-45,52-53,55,68H,8-15,24-33,42H2,1-7H3,(H,76,89)(H,77,88)(H,81,85)(H3,73,78,79,80,82,86,87)/t45-,52-,53-,55?,68-/m0/s1. The number of anilines is 4. The van der Waals surface area contributed by atoms with Crippen molar-refractivity contribution in [2.24, 2.45) is 15.9 Å². The van der Waals surface area contributed by atoms with Crippen LogP contribution in [0.2, 0.25) is 0 Å². The van der Waals surface area contributed by atoms with Crippen molar-refractivity contribution in [3.05, 3.63) is 114 Å². The maximum absolute atomic E-state index is 13.9. The van der Waals surface area contributed by atoms with Crippen molar-refractivity contribution >= 4 is 117 Å². The van der Waals surface area contributed by atoms with E-state index in [9.17, 15) is 28.8 Å². The van der Waals surface area contributed by atoms with Crippen molar-refractivity contribution in [1.29, 1.82) is 0 Å². The number of fused-ring (bicyclic) bond motifs is 6. The van der Waals surface area contributed by atoms with E-state index in [1.165, 1.54) is 0 Å². The van der Waals surface area contributed by atoms with Crippen LogP contribution in [0.3, 0.4) is 0 Å². The molecule has 6 N–H and O–H groups in total. The van der Waals surface area contributed by atoms with Crippen LogP contribution in [-0.2, 0) is 30.5 Å². The number of nitrogens with zero attached hydrogens (tertiary/aromatic N) is 6. The number of aliphatic imine (C=N–C) groups is 2. The fraction of sp³-hybridized carbons (Fsp3) is 0.444. The summed E-state index contributed by atoms with van der Waals surface area (Å²) in [4.78, 5) is 103. The highest BCUT2D eigenvalue weighted by Gasteiger charge is 2.35. The molecule has 0 fully saturated rings. The number of amides is 6. The first-order chi connectivity index (χ1) is 47.0. The van der Waals surface area contributed by atoms with Gasteiger partial charge in [-0.2, -0.15) is 33.5 Å². The Morgan fingerprint density at radius 2 is 1.38 bits per heavy atom. The molecule has 6 heterocycles. The van der Waals surface area contributed by atoms with E-state index < -0.39 is 23.9 Å². The molecule has 514 valence electrons. The molecule has 5 aromatic rings. The van der Waals surface area contributed by atoms with Crippen molar-refractivity contribution in [2.75, 3.05) is 79.6 Å². The summed E-state index contributed by atoms with van der Waals surface area (Å²) in [5.74, 6) is 3.76. The third kappa shape index (κ3) is 19.1. The quantitative estimate of drug-likeness (QED) is 0.0313. The van der Waals surface area contributed by atoms with Gasteiger partial charge in [-0.3, -0.25) is 44.1 Å². The third-order valence-electron chi connectivity index (χ3n) is 17.3. The summed E-state index contributed by atoms with van der Waals surface area (Å²) in [7, 11) is 4.79. The average molecular weight is 1360 g/mol. The number of nitrogens with one attached hydrogen (secondary N) is 6. The summed E-state index contributed by atoms with van der Waals surface area (Å²) in [6.45, 7) is 8.96. The van der Waals surface area contributed by atoms with Crippen molar-refractivity contribution < 1.29 is 52.5 Å². The van der Waals surface area contributed by atoms with Crippen LogP contribution in [0.4, 0.5) is 34.6 Å². The summed E-state index contributed by atoms with van der Waals surface area (Å²) in [5.41, 5.74) is 7.41. The number of methoxy groups -OCH3 is 3. The van der Waals surface area contributed by atoms with Crippen molar-refractivity contribution in [2.45, 2.75) is 141 Å². The van der Waals surface area contributed by atoms with E-state index in [2.05, 4.69) is 59.9 Å². The molecule has 2 bridgehead atoms. The Kier molecular flexibility index (Phi) is 24.9. The molecule has 10 rings (SSSR count). The predicted molar refractivity (Wildman–Crippen MR) is 383 cm³/mol. The molecule has 23 nitrogen and oxygen atoms in total. The highest BCUT2D eigenvalue weighted by Crippen LogP contribution is 2.42. The number of benzene rings is 4. The van der Waals surface area contributed by atoms with E-state index in [4.69, 9.17) is 33.7 Å². The molecule has 6 amide bonds. The van der Waals surface area contributed by atoms with E-state index in [0.29, 0.717) is 127 Å². The second-order valence-corrected chi connectivity index (χ2v) is 27.4. The molecule has 1 unspecified atom stereocenters. The summed E-state index contributed by atoms with van der Waals surface area (Å²) < 4.78 is 29.3. The zero-order chi connectivity index (χ0) is 68.4. The number of aromatic nitrogens is 2. The van der Waals surface area contributed by atoms with E-state index in [1.54, 1.807) is 63.1 Å². The first kappa shape index (κ1) is 70.7. The number of hydrogen-bond acceptors (Lipinski definition) is 19. The van der Waals surface area contributed by atoms with Crippen LogP contribution < -0.4 is 55.6 Å². The molecule has 0 spiro atoms. The van der Waals surface area contributed by atoms with Gasteiger partial charge in [-0.15, -0.1) is 0 Å². The Labute approximate surface area is 575 Å². The van der Waals surface area contributed by atoms with Crippen LogP contribution in [0.5, 0.6) is 28.7 Å². The number of thioether (sulfide) groups is 2. The van der Waals surface area contributed by atoms with Crippen LogP contribution in [0.25, 0.3) is 11.1 Å². The van der Waals surface area contributed by atoms with Crippen LogP contribution >= 0.6 is 23.5 Å². The van der Waals surface area contributed by atoms with Gasteiger partial charge in [0.2, 0.25) is 35.5 Å². The smallest absolute Gasteiger partial charge is 0.260 e. The van der Waals surface area contributed by atoms with E-state index >= 15 is 0 Å². The van der Waals surface area contributed by atoms with Gasteiger partial charge in [-0.25, -0.2) is 0 Å². The summed E-state index contributed by atoms with van der Waals surface area (Å²) >= 11 is 3.61. The van der Waals surface area contributed by atoms with Gasteiger partial charge < -0.3 is 60.1 Å². The Morgan fingerprint density at radius 1 is 0.701 bits per heavy atom. The maximum Gasteiger partial charge on any atom is 0.260 e. The monoisotopic (exact) mass is 1360 g/mol. The molecule has 5 atom stereocenters. The van der Waals surface area contributed by atoms with Crippen molar-refractivity contribution in [1.82, 2.24) is 30.4 Å². The molecule has 5 aliphatic heterocycles. The summed E-state index contributed by atoms with van der Waals surface area (Å²) in [5, 5.41) is 17.9. The molecule has 0 saturated heterocycles. The van der Waals surface area contributed by atoms with Crippen molar-refractivity contribution in [3.63, 3.8) is 0 Å². The number of rotatable bonds is 24. The molecule has 25 heteroatoms. The fourth-order valence-corrected chi connectivity index (χ4v) is 14.2. The summed E-state index contributed by atoms with van der Waals surface area (Å²) in [6.07, 6.45) is 16.3. The van der Waals surface area contributed by atoms with Gasteiger partial charge >= 0.3 is 0 Å². The Hall–Kier alpha value is -9.10. The number of hydrogen-bond donors (Lipinski definition) is 6. The first-order valence-electron chi connectivity index (χ1n) is 33.4. The largest absolute Gasteiger partial charge is 0.497 e. The number of carbonyl (C=O) groups is 6. The van der Waals surface area contributed by atoms with Gasteiger partial charge in [-0.1, -0.05) is 57.9 Å². The van der Waals surface area contributed by atoms with Gasteiger partial charge in [0.1, 0.15) is 29.5 Å². The zero-order valence-electron chi connectivity index (χ0n) is 56.2. The Bertz CT molecular complexity index is 3770. The lowest BCUT2D eigenvalue weighted by molar-refractivity contribution is -0.131. The van der Waals surface area contributed by atoms with Gasteiger partial charge in [0, 0.05) is 116 Å². The lowest BCUT2D eigenvalue weighted by atomic mass is 10.0. The second kappa shape index (κ2) is 34.2. The molecular weight excluding hydrogens is 1270 g/mol. The highest BCUT2D eigenvalue weighted by molar-refractivity contribution is 8.00. The zero-order valence-corrected chi connectivity index (χ0v) is 57.8. The summed E-state index contributed by atoms with van der Waals surface area (Å²) in [6, 6.07) is 22.2. The Balaban J connectivity index is 0.656. The Morgan fingerprint density at radius 3 is 2.11 bits per heavy atom. The molecule has 0 radical (unpaired) electrons. The molecule has 0 saturated carbocycles. The second-order valence-electron chi connectivity index (χ2n) is 24.8. The minimum absolute atomic E-state index is 0.00218. The van der Waals surface area contributed by atoms with Crippen LogP contribution in [-0.4, -0.2) is 155 Å². The van der Waals surface area contributed by atoms with Gasteiger partial charge in [0.05, 0.1) is 63.6 Å². The molecule has 5 aliphatic rings. The predicted octanol–water partition coefficient (Wildman–Crippen LogP) is 11.6. The molecular formula is C72H88N12O11S2. The fourth-order valence-electron chi connectivity index (χ4n) is 11.9. The van der Waals surface area contributed by atoms with E-state index in [-0.39, 0.29) is 59.8 Å². The lowest BCUT2D eigenvalue weighted by Gasteiger charge is -2.24.